The maximum absolute atomic E-state index is 6.02. The molecule has 0 saturated carbocycles. The van der Waals surface area contributed by atoms with Crippen molar-refractivity contribution in [3.63, 3.8) is 0 Å². The van der Waals surface area contributed by atoms with Crippen LogP contribution in [-0.4, -0.2) is 27.2 Å². The van der Waals surface area contributed by atoms with Crippen LogP contribution < -0.4 is 20.3 Å². The van der Waals surface area contributed by atoms with Gasteiger partial charge in [0.05, 0.1) is 0 Å². The van der Waals surface area contributed by atoms with Crippen LogP contribution in [0.3, 0.4) is 0 Å². The lowest BCUT2D eigenvalue weighted by Gasteiger charge is -2.30. The Hall–Kier alpha value is -3.19. The Morgan fingerprint density at radius 2 is 1.71 bits per heavy atom. The molecule has 0 unspecified atom stereocenters. The molecule has 1 aliphatic rings. The first-order chi connectivity index (χ1) is 14.9. The van der Waals surface area contributed by atoms with Crippen molar-refractivity contribution in [2.24, 2.45) is 0 Å². The van der Waals surface area contributed by atoms with Gasteiger partial charge in [-0.05, 0) is 62.7 Å². The van der Waals surface area contributed by atoms with Gasteiger partial charge in [-0.15, -0.1) is 0 Å². The number of hydrogen-bond acceptors (Lipinski definition) is 5. The summed E-state index contributed by atoms with van der Waals surface area (Å²) in [6.07, 6.45) is 0.974. The van der Waals surface area contributed by atoms with E-state index in [1.165, 1.54) is 11.1 Å². The van der Waals surface area contributed by atoms with Crippen molar-refractivity contribution in [2.75, 3.05) is 16.8 Å². The standard InChI is InChI=1S/C24H27N5OS/c1-24(2,3)28-23(31)27-22-25-20(15-21(26-22)30-19-11-5-4-6-12-19)29-14-13-17-9-7-8-10-18(17)16-29/h4-12,15H,13-14,16H2,1-3H3,(H2,25,26,27,28,31). The molecule has 2 N–H and O–H groups in total. The molecular formula is C24H27N5OS. The number of ether oxygens (including phenoxy) is 1. The number of thiocarbonyl (C=S) groups is 1. The second-order valence-electron chi connectivity index (χ2n) is 8.57. The first kappa shape index (κ1) is 21.1. The summed E-state index contributed by atoms with van der Waals surface area (Å²) >= 11 is 5.45. The summed E-state index contributed by atoms with van der Waals surface area (Å²) in [6.45, 7) is 7.82. The van der Waals surface area contributed by atoms with Crippen LogP contribution in [0.4, 0.5) is 11.8 Å². The van der Waals surface area contributed by atoms with Crippen molar-refractivity contribution >= 4 is 29.1 Å². The second-order valence-corrected chi connectivity index (χ2v) is 8.98. The van der Waals surface area contributed by atoms with E-state index in [9.17, 15) is 0 Å². The van der Waals surface area contributed by atoms with E-state index in [1.54, 1.807) is 0 Å². The van der Waals surface area contributed by atoms with Gasteiger partial charge < -0.3 is 20.3 Å². The highest BCUT2D eigenvalue weighted by atomic mass is 32.1. The predicted octanol–water partition coefficient (Wildman–Crippen LogP) is 4.92. The van der Waals surface area contributed by atoms with E-state index in [2.05, 4.69) is 44.8 Å². The first-order valence-corrected chi connectivity index (χ1v) is 10.8. The van der Waals surface area contributed by atoms with Gasteiger partial charge in [0.2, 0.25) is 11.8 Å². The number of nitrogens with zero attached hydrogens (tertiary/aromatic N) is 3. The molecule has 1 aliphatic heterocycles. The summed E-state index contributed by atoms with van der Waals surface area (Å²) in [5.41, 5.74) is 2.54. The summed E-state index contributed by atoms with van der Waals surface area (Å²) in [5, 5.41) is 6.82. The lowest BCUT2D eigenvalue weighted by atomic mass is 10.00. The van der Waals surface area contributed by atoms with Crippen LogP contribution in [-0.2, 0) is 13.0 Å². The highest BCUT2D eigenvalue weighted by molar-refractivity contribution is 7.80. The Balaban J connectivity index is 1.62. The fraction of sp³-hybridized carbons (Fsp3) is 0.292. The predicted molar refractivity (Wildman–Crippen MR) is 129 cm³/mol. The van der Waals surface area contributed by atoms with Crippen LogP contribution >= 0.6 is 12.2 Å². The summed E-state index contributed by atoms with van der Waals surface area (Å²) in [6, 6.07) is 20.0. The van der Waals surface area contributed by atoms with E-state index in [4.69, 9.17) is 21.9 Å². The normalized spacial score (nSPS) is 13.3. The number of nitrogens with one attached hydrogen (secondary N) is 2. The van der Waals surface area contributed by atoms with Crippen LogP contribution in [0, 0.1) is 0 Å². The number of anilines is 2. The molecule has 1 aromatic heterocycles. The lowest BCUT2D eigenvalue weighted by Crippen LogP contribution is -2.43. The van der Waals surface area contributed by atoms with Crippen LogP contribution in [0.2, 0.25) is 0 Å². The minimum atomic E-state index is -0.165. The van der Waals surface area contributed by atoms with E-state index in [1.807, 2.05) is 57.2 Å². The molecule has 0 fully saturated rings. The van der Waals surface area contributed by atoms with Gasteiger partial charge in [0, 0.05) is 24.7 Å². The van der Waals surface area contributed by atoms with E-state index in [-0.39, 0.29) is 5.54 Å². The van der Waals surface area contributed by atoms with E-state index in [0.29, 0.717) is 16.9 Å². The Morgan fingerprint density at radius 1 is 1.00 bits per heavy atom. The zero-order valence-electron chi connectivity index (χ0n) is 18.1. The quantitative estimate of drug-likeness (QED) is 0.567. The van der Waals surface area contributed by atoms with Crippen LogP contribution in [0.25, 0.3) is 0 Å². The van der Waals surface area contributed by atoms with Crippen LogP contribution in [0.1, 0.15) is 31.9 Å². The van der Waals surface area contributed by atoms with Gasteiger partial charge in [-0.2, -0.15) is 9.97 Å². The summed E-state index contributed by atoms with van der Waals surface area (Å²) in [4.78, 5) is 11.5. The number of hydrogen-bond donors (Lipinski definition) is 2. The molecule has 2 heterocycles. The largest absolute Gasteiger partial charge is 0.439 e. The molecule has 0 radical (unpaired) electrons. The van der Waals surface area contributed by atoms with Crippen molar-refractivity contribution in [3.05, 3.63) is 71.8 Å². The molecule has 0 bridgehead atoms. The molecule has 6 nitrogen and oxygen atoms in total. The molecule has 2 aromatic carbocycles. The molecule has 3 aromatic rings. The van der Waals surface area contributed by atoms with Gasteiger partial charge in [0.25, 0.3) is 0 Å². The molecule has 31 heavy (non-hydrogen) atoms. The van der Waals surface area contributed by atoms with Crippen LogP contribution in [0.15, 0.2) is 60.7 Å². The Labute approximate surface area is 188 Å². The minimum absolute atomic E-state index is 0.165. The van der Waals surface area contributed by atoms with Crippen molar-refractivity contribution in [1.82, 2.24) is 15.3 Å². The molecular weight excluding hydrogens is 406 g/mol. The maximum atomic E-state index is 6.02. The zero-order chi connectivity index (χ0) is 21.8. The van der Waals surface area contributed by atoms with E-state index >= 15 is 0 Å². The summed E-state index contributed by atoms with van der Waals surface area (Å²) in [7, 11) is 0. The monoisotopic (exact) mass is 433 g/mol. The minimum Gasteiger partial charge on any atom is -0.439 e. The average Bonchev–Trinajstić information content (AvgIpc) is 2.72. The molecule has 160 valence electrons. The summed E-state index contributed by atoms with van der Waals surface area (Å²) < 4.78 is 6.02. The zero-order valence-corrected chi connectivity index (χ0v) is 18.9. The van der Waals surface area contributed by atoms with Gasteiger partial charge in [-0.25, -0.2) is 0 Å². The van der Waals surface area contributed by atoms with Gasteiger partial charge in [-0.3, -0.25) is 0 Å². The number of fused-ring (bicyclic) bond motifs is 1. The fourth-order valence-corrected chi connectivity index (χ4v) is 3.85. The van der Waals surface area contributed by atoms with Crippen molar-refractivity contribution in [2.45, 2.75) is 39.3 Å². The Morgan fingerprint density at radius 3 is 2.45 bits per heavy atom. The van der Waals surface area contributed by atoms with Gasteiger partial charge >= 0.3 is 0 Å². The van der Waals surface area contributed by atoms with Crippen molar-refractivity contribution in [1.29, 1.82) is 0 Å². The average molecular weight is 434 g/mol. The number of para-hydroxylation sites is 1. The third-order valence-electron chi connectivity index (χ3n) is 4.82. The fourth-order valence-electron chi connectivity index (χ4n) is 3.46. The van der Waals surface area contributed by atoms with E-state index in [0.717, 1.165) is 31.1 Å². The molecule has 0 amide bonds. The maximum Gasteiger partial charge on any atom is 0.234 e. The van der Waals surface area contributed by atoms with Crippen molar-refractivity contribution in [3.8, 4) is 11.6 Å². The molecule has 4 rings (SSSR count). The van der Waals surface area contributed by atoms with Gasteiger partial charge in [0.1, 0.15) is 11.6 Å². The Kier molecular flexibility index (Phi) is 6.04. The number of benzene rings is 2. The molecule has 0 aliphatic carbocycles. The van der Waals surface area contributed by atoms with Crippen molar-refractivity contribution < 1.29 is 4.74 Å². The highest BCUT2D eigenvalue weighted by Gasteiger charge is 2.20. The topological polar surface area (TPSA) is 62.3 Å². The molecule has 0 saturated heterocycles. The van der Waals surface area contributed by atoms with E-state index < -0.39 is 0 Å². The molecule has 0 spiro atoms. The van der Waals surface area contributed by atoms with Gasteiger partial charge in [-0.1, -0.05) is 42.5 Å². The second kappa shape index (κ2) is 8.89. The number of aromatic nitrogens is 2. The highest BCUT2D eigenvalue weighted by Crippen LogP contribution is 2.28. The van der Waals surface area contributed by atoms with Crippen LogP contribution in [0.5, 0.6) is 11.6 Å². The SMILES string of the molecule is CC(C)(C)NC(=S)Nc1nc(Oc2ccccc2)cc(N2CCc3ccccc3C2)n1. The molecule has 7 heteroatoms. The number of rotatable bonds is 4. The molecule has 0 atom stereocenters. The third-order valence-corrected chi connectivity index (χ3v) is 5.03. The van der Waals surface area contributed by atoms with Gasteiger partial charge in [0.15, 0.2) is 5.11 Å². The Bertz CT molecular complexity index is 1070. The first-order valence-electron chi connectivity index (χ1n) is 10.4. The smallest absolute Gasteiger partial charge is 0.234 e. The summed E-state index contributed by atoms with van der Waals surface area (Å²) in [5.74, 6) is 2.40. The third kappa shape index (κ3) is 5.70. The lowest BCUT2D eigenvalue weighted by molar-refractivity contribution is 0.462.